The minimum absolute atomic E-state index is 0.0766. The number of aliphatic hydroxyl groups excluding tert-OH is 1. The van der Waals surface area contributed by atoms with Gasteiger partial charge in [-0.05, 0) is 44.9 Å². The molecule has 416 valence electrons. The molecule has 1 amide bonds. The number of phosphoric acid groups is 1. The van der Waals surface area contributed by atoms with Gasteiger partial charge in [-0.15, -0.1) is 0 Å². The van der Waals surface area contributed by atoms with E-state index in [-0.39, 0.29) is 19.1 Å². The van der Waals surface area contributed by atoms with Crippen molar-refractivity contribution in [1.29, 1.82) is 0 Å². The Morgan fingerprint density at radius 2 is 0.814 bits per heavy atom. The zero-order chi connectivity index (χ0) is 51.3. The zero-order valence-corrected chi connectivity index (χ0v) is 48.4. The topological polar surface area (TPSA) is 105 Å². The highest BCUT2D eigenvalue weighted by Crippen LogP contribution is 2.43. The summed E-state index contributed by atoms with van der Waals surface area (Å²) < 4.78 is 23.8. The molecule has 8 nitrogen and oxygen atoms in total. The first-order chi connectivity index (χ1) is 34.0. The number of carbonyl (C=O) groups excluding carboxylic acids is 1. The standard InChI is InChI=1S/C61H121N2O6P/c1-6-8-10-12-14-16-18-20-22-24-25-26-27-28-29-30-31-32-33-34-35-36-37-39-41-43-45-47-49-51-53-55-61(65)62-59(58-69-70(66,67)68-57-56-63(3,4)5)60(64)54-52-50-48-46-44-42-40-38-23-21-19-17-15-13-11-9-7-2/h25-26,28-29,59-60,64H,6-24,27,30-58H2,1-5H3,(H-,62,65,66,67)/p+1/b26-25-,29-28-. The summed E-state index contributed by atoms with van der Waals surface area (Å²) in [5.74, 6) is -0.140. The Kier molecular flexibility index (Phi) is 52.1. The maximum absolute atomic E-state index is 13.0. The quantitative estimate of drug-likeness (QED) is 0.0243. The summed E-state index contributed by atoms with van der Waals surface area (Å²) in [6.07, 6.45) is 66.7. The number of likely N-dealkylation sites (N-methyl/N-ethyl adjacent to an activating group) is 1. The molecule has 0 saturated heterocycles. The van der Waals surface area contributed by atoms with Crippen LogP contribution in [0.4, 0.5) is 0 Å². The Hall–Kier alpha value is -1.02. The maximum Gasteiger partial charge on any atom is 0.472 e. The summed E-state index contributed by atoms with van der Waals surface area (Å²) in [6, 6.07) is -0.759. The largest absolute Gasteiger partial charge is 0.472 e. The third-order valence-corrected chi connectivity index (χ3v) is 15.2. The first kappa shape index (κ1) is 69.0. The van der Waals surface area contributed by atoms with Gasteiger partial charge in [0.1, 0.15) is 13.2 Å². The second-order valence-electron chi connectivity index (χ2n) is 22.4. The van der Waals surface area contributed by atoms with Crippen molar-refractivity contribution in [3.63, 3.8) is 0 Å². The Bertz CT molecular complexity index is 1190. The van der Waals surface area contributed by atoms with Gasteiger partial charge in [-0.25, -0.2) is 4.57 Å². The number of carbonyl (C=O) groups is 1. The van der Waals surface area contributed by atoms with E-state index in [0.717, 1.165) is 44.9 Å². The SMILES string of the molecule is CCCCCCCCCCC/C=C\C/C=C\CCCCCCCCCCCCCCCCCC(=O)NC(COP(=O)(O)OCC[N+](C)(C)C)C(O)CCCCCCCCCCCCCCCCCCC. The number of nitrogens with one attached hydrogen (secondary N) is 1. The van der Waals surface area contributed by atoms with Gasteiger partial charge >= 0.3 is 7.82 Å². The number of rotatable bonds is 57. The fraction of sp³-hybridized carbons (Fsp3) is 0.918. The van der Waals surface area contributed by atoms with Gasteiger partial charge < -0.3 is 19.8 Å². The Labute approximate surface area is 436 Å². The summed E-state index contributed by atoms with van der Waals surface area (Å²) in [4.78, 5) is 23.4. The van der Waals surface area contributed by atoms with Gasteiger partial charge in [0.2, 0.25) is 5.91 Å². The van der Waals surface area contributed by atoms with Gasteiger partial charge in [-0.3, -0.25) is 13.8 Å². The molecule has 0 saturated carbocycles. The molecule has 0 spiro atoms. The predicted octanol–water partition coefficient (Wildman–Crippen LogP) is 18.8. The van der Waals surface area contributed by atoms with Gasteiger partial charge in [-0.2, -0.15) is 0 Å². The maximum atomic E-state index is 13.0. The van der Waals surface area contributed by atoms with Crippen molar-refractivity contribution in [1.82, 2.24) is 5.32 Å². The molecule has 0 radical (unpaired) electrons. The molecule has 0 fully saturated rings. The fourth-order valence-electron chi connectivity index (χ4n) is 9.37. The minimum Gasteiger partial charge on any atom is -0.391 e. The zero-order valence-electron chi connectivity index (χ0n) is 47.5. The molecule has 0 aromatic heterocycles. The van der Waals surface area contributed by atoms with Gasteiger partial charge in [0.05, 0.1) is 39.9 Å². The molecule has 70 heavy (non-hydrogen) atoms. The Morgan fingerprint density at radius 1 is 0.486 bits per heavy atom. The number of allylic oxidation sites excluding steroid dienone is 4. The van der Waals surface area contributed by atoms with Crippen molar-refractivity contribution in [3.8, 4) is 0 Å². The molecule has 0 aromatic carbocycles. The molecule has 3 unspecified atom stereocenters. The highest BCUT2D eigenvalue weighted by atomic mass is 31.2. The molecular weight excluding hydrogens is 888 g/mol. The van der Waals surface area contributed by atoms with Crippen LogP contribution in [0.5, 0.6) is 0 Å². The van der Waals surface area contributed by atoms with Crippen LogP contribution in [-0.4, -0.2) is 73.4 Å². The van der Waals surface area contributed by atoms with E-state index in [1.165, 1.54) is 238 Å². The van der Waals surface area contributed by atoms with Crippen molar-refractivity contribution in [2.45, 2.75) is 321 Å². The van der Waals surface area contributed by atoms with Crippen molar-refractivity contribution in [2.24, 2.45) is 0 Å². The summed E-state index contributed by atoms with van der Waals surface area (Å²) >= 11 is 0. The van der Waals surface area contributed by atoms with E-state index in [2.05, 4.69) is 43.5 Å². The predicted molar refractivity (Wildman–Crippen MR) is 305 cm³/mol. The van der Waals surface area contributed by atoms with E-state index >= 15 is 0 Å². The van der Waals surface area contributed by atoms with Crippen molar-refractivity contribution in [3.05, 3.63) is 24.3 Å². The third-order valence-electron chi connectivity index (χ3n) is 14.2. The van der Waals surface area contributed by atoms with Crippen LogP contribution in [-0.2, 0) is 18.4 Å². The lowest BCUT2D eigenvalue weighted by atomic mass is 10.0. The molecule has 0 aliphatic carbocycles. The molecule has 0 heterocycles. The number of hydrogen-bond acceptors (Lipinski definition) is 5. The minimum atomic E-state index is -4.32. The summed E-state index contributed by atoms with van der Waals surface area (Å²) in [7, 11) is 1.63. The Morgan fingerprint density at radius 3 is 1.17 bits per heavy atom. The lowest BCUT2D eigenvalue weighted by Crippen LogP contribution is -2.46. The van der Waals surface area contributed by atoms with Gasteiger partial charge in [0, 0.05) is 6.42 Å². The van der Waals surface area contributed by atoms with E-state index in [1.807, 2.05) is 21.1 Å². The van der Waals surface area contributed by atoms with Gasteiger partial charge in [0.25, 0.3) is 0 Å². The molecule has 0 aromatic rings. The lowest BCUT2D eigenvalue weighted by Gasteiger charge is -2.26. The monoisotopic (exact) mass is 1010 g/mol. The van der Waals surface area contributed by atoms with Gasteiger partial charge in [0.15, 0.2) is 0 Å². The molecule has 0 bridgehead atoms. The van der Waals surface area contributed by atoms with E-state index in [4.69, 9.17) is 9.05 Å². The van der Waals surface area contributed by atoms with Crippen LogP contribution in [0.2, 0.25) is 0 Å². The van der Waals surface area contributed by atoms with Crippen LogP contribution in [0.25, 0.3) is 0 Å². The first-order valence-corrected chi connectivity index (χ1v) is 32.2. The third kappa shape index (κ3) is 54.7. The summed E-state index contributed by atoms with van der Waals surface area (Å²) in [5, 5.41) is 14.1. The van der Waals surface area contributed by atoms with Crippen LogP contribution < -0.4 is 5.32 Å². The number of aliphatic hydroxyl groups is 1. The van der Waals surface area contributed by atoms with Crippen molar-refractivity contribution in [2.75, 3.05) is 40.9 Å². The van der Waals surface area contributed by atoms with E-state index < -0.39 is 20.0 Å². The molecule has 0 rings (SSSR count). The number of amides is 1. The lowest BCUT2D eigenvalue weighted by molar-refractivity contribution is -0.870. The van der Waals surface area contributed by atoms with E-state index in [9.17, 15) is 19.4 Å². The van der Waals surface area contributed by atoms with E-state index in [1.54, 1.807) is 0 Å². The molecule has 9 heteroatoms. The average Bonchev–Trinajstić information content (AvgIpc) is 3.32. The number of quaternary nitrogens is 1. The summed E-state index contributed by atoms with van der Waals surface area (Å²) in [5.41, 5.74) is 0. The molecule has 3 atom stereocenters. The first-order valence-electron chi connectivity index (χ1n) is 30.7. The average molecular weight is 1010 g/mol. The number of hydrogen-bond donors (Lipinski definition) is 3. The van der Waals surface area contributed by atoms with E-state index in [0.29, 0.717) is 23.9 Å². The van der Waals surface area contributed by atoms with Crippen LogP contribution in [0.3, 0.4) is 0 Å². The van der Waals surface area contributed by atoms with Crippen LogP contribution in [0.1, 0.15) is 309 Å². The number of unbranched alkanes of at least 4 members (excludes halogenated alkanes) is 40. The highest BCUT2D eigenvalue weighted by Gasteiger charge is 2.28. The second kappa shape index (κ2) is 52.8. The molecular formula is C61H122N2O6P+. The normalized spacial score (nSPS) is 14.0. The van der Waals surface area contributed by atoms with Gasteiger partial charge in [-0.1, -0.05) is 282 Å². The van der Waals surface area contributed by atoms with Crippen molar-refractivity contribution < 1.29 is 32.9 Å². The number of phosphoric ester groups is 1. The highest BCUT2D eigenvalue weighted by molar-refractivity contribution is 7.47. The molecule has 0 aliphatic heterocycles. The second-order valence-corrected chi connectivity index (χ2v) is 23.9. The van der Waals surface area contributed by atoms with Crippen molar-refractivity contribution >= 4 is 13.7 Å². The van der Waals surface area contributed by atoms with Crippen LogP contribution in [0, 0.1) is 0 Å². The summed E-state index contributed by atoms with van der Waals surface area (Å²) in [6.45, 7) is 4.93. The van der Waals surface area contributed by atoms with Crippen LogP contribution >= 0.6 is 7.82 Å². The molecule has 3 N–H and O–H groups in total. The fourth-order valence-corrected chi connectivity index (χ4v) is 10.1. The van der Waals surface area contributed by atoms with Crippen LogP contribution in [0.15, 0.2) is 24.3 Å². The smallest absolute Gasteiger partial charge is 0.391 e. The molecule has 0 aliphatic rings. The Balaban J connectivity index is 4.04. The number of nitrogens with zero attached hydrogens (tertiary/aromatic N) is 1.